The minimum atomic E-state index is -1.01. The molecule has 1 aliphatic heterocycles. The third kappa shape index (κ3) is 3.43. The molecular weight excluding hydrogens is 435 g/mol. The van der Waals surface area contributed by atoms with E-state index in [1.807, 2.05) is 6.07 Å². The quantitative estimate of drug-likeness (QED) is 0.536. The number of aromatic hydroxyl groups is 1. The number of benzene rings is 1. The van der Waals surface area contributed by atoms with Crippen LogP contribution in [0.5, 0.6) is 5.75 Å². The van der Waals surface area contributed by atoms with Gasteiger partial charge in [0.1, 0.15) is 5.75 Å². The van der Waals surface area contributed by atoms with Crippen molar-refractivity contribution in [3.8, 4) is 5.75 Å². The second-order valence-corrected chi connectivity index (χ2v) is 10.9. The maximum Gasteiger partial charge on any atom is 0.115 e. The van der Waals surface area contributed by atoms with Gasteiger partial charge in [0.05, 0.1) is 17.1 Å². The minimum Gasteiger partial charge on any atom is -0.508 e. The molecule has 0 unspecified atom stereocenters. The van der Waals surface area contributed by atoms with Gasteiger partial charge in [-0.25, -0.2) is 0 Å². The van der Waals surface area contributed by atoms with E-state index in [2.05, 4.69) is 9.80 Å². The number of rotatable bonds is 7. The predicted molar refractivity (Wildman–Crippen MR) is 123 cm³/mol. The zero-order chi connectivity index (χ0) is 21.8. The van der Waals surface area contributed by atoms with Crippen LogP contribution < -0.4 is 0 Å². The van der Waals surface area contributed by atoms with E-state index in [0.29, 0.717) is 37.7 Å². The SMILES string of the molecule is Oc1ccc2c(c1)[C@]13CCN(CC4CC4)[C@H](C2)[C@]1(O)CC[C@@H](N(CCCl)CCCl)[C@@H]3O. The summed E-state index contributed by atoms with van der Waals surface area (Å²) in [5, 5.41) is 34.7. The van der Waals surface area contributed by atoms with Crippen LogP contribution in [0.1, 0.15) is 43.2 Å². The molecule has 3 aliphatic carbocycles. The van der Waals surface area contributed by atoms with Gasteiger partial charge in [0.25, 0.3) is 0 Å². The number of hydrogen-bond acceptors (Lipinski definition) is 5. The molecule has 5 atom stereocenters. The van der Waals surface area contributed by atoms with Gasteiger partial charge in [0.2, 0.25) is 0 Å². The molecule has 31 heavy (non-hydrogen) atoms. The molecule has 7 heteroatoms. The van der Waals surface area contributed by atoms with Crippen LogP contribution >= 0.6 is 23.2 Å². The highest BCUT2D eigenvalue weighted by Crippen LogP contribution is 2.59. The summed E-state index contributed by atoms with van der Waals surface area (Å²) >= 11 is 12.2. The number of aliphatic hydroxyl groups excluding tert-OH is 1. The van der Waals surface area contributed by atoms with E-state index in [-0.39, 0.29) is 17.8 Å². The number of fused-ring (bicyclic) bond motifs is 1. The number of alkyl halides is 2. The van der Waals surface area contributed by atoms with Gasteiger partial charge in [-0.3, -0.25) is 9.80 Å². The number of phenols is 1. The number of aliphatic hydroxyl groups is 2. The number of halogens is 2. The predicted octanol–water partition coefficient (Wildman–Crippen LogP) is 2.70. The molecule has 5 rings (SSSR count). The monoisotopic (exact) mass is 468 g/mol. The lowest BCUT2D eigenvalue weighted by atomic mass is 9.47. The van der Waals surface area contributed by atoms with Crippen LogP contribution in [-0.4, -0.2) is 86.8 Å². The number of phenolic OH excluding ortho intramolecular Hbond substituents is 1. The first-order chi connectivity index (χ1) is 14.9. The molecule has 0 radical (unpaired) electrons. The lowest BCUT2D eigenvalue weighted by Crippen LogP contribution is -2.79. The van der Waals surface area contributed by atoms with Crippen molar-refractivity contribution in [2.75, 3.05) is 37.9 Å². The van der Waals surface area contributed by atoms with Crippen LogP contribution in [0.15, 0.2) is 18.2 Å². The summed E-state index contributed by atoms with van der Waals surface area (Å²) in [5.74, 6) is 1.91. The molecule has 4 aliphatic rings. The van der Waals surface area contributed by atoms with Crippen molar-refractivity contribution in [2.45, 2.75) is 67.7 Å². The Labute approximate surface area is 194 Å². The van der Waals surface area contributed by atoms with Gasteiger partial charge in [-0.05, 0) is 74.2 Å². The largest absolute Gasteiger partial charge is 0.508 e. The van der Waals surface area contributed by atoms with Crippen molar-refractivity contribution >= 4 is 23.2 Å². The highest BCUT2D eigenvalue weighted by Gasteiger charge is 2.68. The smallest absolute Gasteiger partial charge is 0.115 e. The fourth-order valence-electron chi connectivity index (χ4n) is 7.02. The fourth-order valence-corrected chi connectivity index (χ4v) is 7.46. The molecule has 172 valence electrons. The van der Waals surface area contributed by atoms with E-state index in [0.717, 1.165) is 43.0 Å². The first kappa shape index (κ1) is 22.2. The number of likely N-dealkylation sites (tertiary alicyclic amines) is 1. The Hall–Kier alpha value is -0.560. The maximum atomic E-state index is 12.4. The summed E-state index contributed by atoms with van der Waals surface area (Å²) < 4.78 is 0. The summed E-state index contributed by atoms with van der Waals surface area (Å²) in [7, 11) is 0. The molecule has 1 heterocycles. The molecule has 0 spiro atoms. The zero-order valence-corrected chi connectivity index (χ0v) is 19.5. The zero-order valence-electron chi connectivity index (χ0n) is 18.0. The lowest BCUT2D eigenvalue weighted by Gasteiger charge is -2.67. The highest BCUT2D eigenvalue weighted by atomic mass is 35.5. The van der Waals surface area contributed by atoms with Crippen LogP contribution in [0.25, 0.3) is 0 Å². The third-order valence-electron chi connectivity index (χ3n) is 8.64. The number of hydrogen-bond donors (Lipinski definition) is 3. The van der Waals surface area contributed by atoms with Gasteiger partial charge >= 0.3 is 0 Å². The van der Waals surface area contributed by atoms with Crippen LogP contribution in [0.4, 0.5) is 0 Å². The molecule has 0 amide bonds. The molecule has 1 saturated heterocycles. The molecule has 2 bridgehead atoms. The maximum absolute atomic E-state index is 12.4. The normalized spacial score (nSPS) is 37.5. The summed E-state index contributed by atoms with van der Waals surface area (Å²) in [6.07, 6.45) is 4.64. The summed E-state index contributed by atoms with van der Waals surface area (Å²) in [5.41, 5.74) is 0.286. The summed E-state index contributed by atoms with van der Waals surface area (Å²) in [6.45, 7) is 3.23. The average Bonchev–Trinajstić information content (AvgIpc) is 3.55. The van der Waals surface area contributed by atoms with E-state index < -0.39 is 17.1 Å². The Morgan fingerprint density at radius 2 is 1.84 bits per heavy atom. The molecule has 1 aromatic rings. The van der Waals surface area contributed by atoms with Crippen molar-refractivity contribution in [2.24, 2.45) is 5.92 Å². The molecule has 0 aromatic heterocycles. The lowest BCUT2D eigenvalue weighted by molar-refractivity contribution is -0.217. The topological polar surface area (TPSA) is 67.2 Å². The van der Waals surface area contributed by atoms with Gasteiger partial charge < -0.3 is 15.3 Å². The molecule has 1 aromatic carbocycles. The van der Waals surface area contributed by atoms with E-state index in [4.69, 9.17) is 23.2 Å². The Morgan fingerprint density at radius 3 is 2.52 bits per heavy atom. The van der Waals surface area contributed by atoms with Crippen LogP contribution in [0.3, 0.4) is 0 Å². The van der Waals surface area contributed by atoms with Crippen molar-refractivity contribution in [1.29, 1.82) is 0 Å². The van der Waals surface area contributed by atoms with E-state index in [1.165, 1.54) is 12.8 Å². The molecule has 5 nitrogen and oxygen atoms in total. The molecule has 3 N–H and O–H groups in total. The standard InChI is InChI=1S/C24H34Cl2N2O3/c25-8-11-27(12-9-26)20-5-6-24(31)21-13-17-3-4-18(29)14-19(17)23(24,22(20)30)7-10-28(21)15-16-1-2-16/h3-4,14,16,20-22,29-31H,1-2,5-13,15H2/t20-,21-,22+,23+,24-/m1/s1. The van der Waals surface area contributed by atoms with E-state index >= 15 is 0 Å². The fraction of sp³-hybridized carbons (Fsp3) is 0.750. The number of piperidine rings is 1. The molecular formula is C24H34Cl2N2O3. The van der Waals surface area contributed by atoms with Crippen LogP contribution in [0, 0.1) is 5.92 Å². The van der Waals surface area contributed by atoms with Gasteiger partial charge in [-0.15, -0.1) is 23.2 Å². The van der Waals surface area contributed by atoms with Gasteiger partial charge in [0.15, 0.2) is 0 Å². The van der Waals surface area contributed by atoms with Gasteiger partial charge in [0, 0.05) is 43.5 Å². The Bertz CT molecular complexity index is 816. The van der Waals surface area contributed by atoms with Crippen molar-refractivity contribution in [3.05, 3.63) is 29.3 Å². The molecule has 3 fully saturated rings. The van der Waals surface area contributed by atoms with Crippen molar-refractivity contribution < 1.29 is 15.3 Å². The third-order valence-corrected chi connectivity index (χ3v) is 8.98. The highest BCUT2D eigenvalue weighted by molar-refractivity contribution is 6.18. The first-order valence-electron chi connectivity index (χ1n) is 11.8. The Balaban J connectivity index is 1.59. The number of nitrogens with zero attached hydrogens (tertiary/aromatic N) is 2. The minimum absolute atomic E-state index is 0.00370. The molecule has 2 saturated carbocycles. The summed E-state index contributed by atoms with van der Waals surface area (Å²) in [6, 6.07) is 5.42. The Morgan fingerprint density at radius 1 is 1.10 bits per heavy atom. The van der Waals surface area contributed by atoms with E-state index in [9.17, 15) is 15.3 Å². The second-order valence-electron chi connectivity index (χ2n) is 10.1. The summed E-state index contributed by atoms with van der Waals surface area (Å²) in [4.78, 5) is 4.69. The van der Waals surface area contributed by atoms with Crippen molar-refractivity contribution in [1.82, 2.24) is 9.80 Å². The van der Waals surface area contributed by atoms with Gasteiger partial charge in [-0.1, -0.05) is 6.07 Å². The Kier molecular flexibility index (Phi) is 5.98. The van der Waals surface area contributed by atoms with Gasteiger partial charge in [-0.2, -0.15) is 0 Å². The average molecular weight is 469 g/mol. The first-order valence-corrected chi connectivity index (χ1v) is 12.8. The second kappa shape index (κ2) is 8.34. The van der Waals surface area contributed by atoms with Crippen molar-refractivity contribution in [3.63, 3.8) is 0 Å². The van der Waals surface area contributed by atoms with Crippen LogP contribution in [0.2, 0.25) is 0 Å². The van der Waals surface area contributed by atoms with E-state index in [1.54, 1.807) is 12.1 Å². The van der Waals surface area contributed by atoms with Crippen LogP contribution in [-0.2, 0) is 11.8 Å².